The molecule has 4 heteroatoms. The Morgan fingerprint density at radius 2 is 2.27 bits per heavy atom. The van der Waals surface area contributed by atoms with Crippen LogP contribution in [0.5, 0.6) is 0 Å². The molecule has 4 nitrogen and oxygen atoms in total. The first-order chi connectivity index (χ1) is 7.11. The molecule has 2 unspecified atom stereocenters. The summed E-state index contributed by atoms with van der Waals surface area (Å²) in [6, 6.07) is 1.89. The van der Waals surface area contributed by atoms with Gasteiger partial charge >= 0.3 is 0 Å². The van der Waals surface area contributed by atoms with Crippen LogP contribution in [0.3, 0.4) is 0 Å². The van der Waals surface area contributed by atoms with Crippen LogP contribution < -0.4 is 10.9 Å². The Morgan fingerprint density at radius 3 is 2.87 bits per heavy atom. The summed E-state index contributed by atoms with van der Waals surface area (Å²) in [5.74, 6) is 0.697. The fourth-order valence-electron chi connectivity index (χ4n) is 1.57. The summed E-state index contributed by atoms with van der Waals surface area (Å²) in [6.45, 7) is 6.54. The summed E-state index contributed by atoms with van der Waals surface area (Å²) >= 11 is 0. The molecule has 15 heavy (non-hydrogen) atoms. The highest BCUT2D eigenvalue weighted by Gasteiger charge is 2.07. The lowest BCUT2D eigenvalue weighted by Gasteiger charge is -2.18. The molecule has 2 atom stereocenters. The van der Waals surface area contributed by atoms with Gasteiger partial charge in [-0.05, 0) is 19.3 Å². The van der Waals surface area contributed by atoms with E-state index in [4.69, 9.17) is 0 Å². The second-order valence-corrected chi connectivity index (χ2v) is 4.13. The van der Waals surface area contributed by atoms with Crippen LogP contribution in [-0.2, 0) is 0 Å². The van der Waals surface area contributed by atoms with Crippen LogP contribution >= 0.6 is 0 Å². The molecule has 0 radical (unpaired) electrons. The van der Waals surface area contributed by atoms with Gasteiger partial charge in [-0.15, -0.1) is 0 Å². The van der Waals surface area contributed by atoms with Gasteiger partial charge in [0.25, 0.3) is 5.56 Å². The fourth-order valence-corrected chi connectivity index (χ4v) is 1.57. The molecule has 0 aliphatic carbocycles. The Labute approximate surface area is 90.1 Å². The summed E-state index contributed by atoms with van der Waals surface area (Å²) in [7, 11) is 0. The average Bonchev–Trinajstić information content (AvgIpc) is 2.17. The third-order valence-electron chi connectivity index (χ3n) is 2.53. The number of aromatic amines is 1. The predicted molar refractivity (Wildman–Crippen MR) is 62.0 cm³/mol. The molecule has 1 heterocycles. The lowest BCUT2D eigenvalue weighted by molar-refractivity contribution is 0.483. The van der Waals surface area contributed by atoms with Crippen LogP contribution in [-0.4, -0.2) is 16.2 Å². The lowest BCUT2D eigenvalue weighted by Crippen LogP contribution is -2.20. The summed E-state index contributed by atoms with van der Waals surface area (Å²) < 4.78 is 0. The van der Waals surface area contributed by atoms with Gasteiger partial charge in [0.2, 0.25) is 0 Å². The standard InChI is InChI=1S/C11H19N3O/c1-4-8(2)5-9(3)13-10-6-11(15)14-12-7-10/h6-9H,4-5H2,1-3H3,(H2,13,14,15). The molecular weight excluding hydrogens is 190 g/mol. The molecule has 0 bridgehead atoms. The molecule has 0 amide bonds. The second kappa shape index (κ2) is 5.53. The van der Waals surface area contributed by atoms with Gasteiger partial charge in [0.15, 0.2) is 0 Å². The van der Waals surface area contributed by atoms with E-state index in [0.29, 0.717) is 12.0 Å². The van der Waals surface area contributed by atoms with Crippen LogP contribution in [0.25, 0.3) is 0 Å². The number of nitrogens with one attached hydrogen (secondary N) is 2. The third kappa shape index (κ3) is 4.14. The van der Waals surface area contributed by atoms with Gasteiger partial charge in [-0.2, -0.15) is 5.10 Å². The highest BCUT2D eigenvalue weighted by Crippen LogP contribution is 2.12. The highest BCUT2D eigenvalue weighted by molar-refractivity contribution is 5.39. The molecule has 0 saturated carbocycles. The zero-order chi connectivity index (χ0) is 11.3. The van der Waals surface area contributed by atoms with Gasteiger partial charge in [-0.25, -0.2) is 5.10 Å². The van der Waals surface area contributed by atoms with Crippen LogP contribution in [0, 0.1) is 5.92 Å². The molecule has 0 spiro atoms. The topological polar surface area (TPSA) is 57.8 Å². The first-order valence-electron chi connectivity index (χ1n) is 5.43. The molecular formula is C11H19N3O. The van der Waals surface area contributed by atoms with E-state index in [1.165, 1.54) is 12.5 Å². The monoisotopic (exact) mass is 209 g/mol. The molecule has 84 valence electrons. The number of anilines is 1. The molecule has 0 fully saturated rings. The number of hydrogen-bond donors (Lipinski definition) is 2. The van der Waals surface area contributed by atoms with E-state index < -0.39 is 0 Å². The van der Waals surface area contributed by atoms with Crippen molar-refractivity contribution in [2.24, 2.45) is 5.92 Å². The van der Waals surface area contributed by atoms with E-state index in [1.54, 1.807) is 6.20 Å². The minimum absolute atomic E-state index is 0.171. The fraction of sp³-hybridized carbons (Fsp3) is 0.636. The maximum absolute atomic E-state index is 11.0. The zero-order valence-corrected chi connectivity index (χ0v) is 9.58. The van der Waals surface area contributed by atoms with Crippen molar-refractivity contribution in [3.8, 4) is 0 Å². The Kier molecular flexibility index (Phi) is 4.34. The van der Waals surface area contributed by atoms with Crippen LogP contribution in [0.2, 0.25) is 0 Å². The Bertz CT molecular complexity index is 348. The summed E-state index contributed by atoms with van der Waals surface area (Å²) in [5, 5.41) is 9.35. The summed E-state index contributed by atoms with van der Waals surface area (Å²) in [6.07, 6.45) is 3.91. The van der Waals surface area contributed by atoms with Crippen molar-refractivity contribution in [1.82, 2.24) is 10.2 Å². The Hall–Kier alpha value is -1.32. The molecule has 1 rings (SSSR count). The maximum Gasteiger partial charge on any atom is 0.266 e. The Balaban J connectivity index is 2.51. The smallest absolute Gasteiger partial charge is 0.266 e. The van der Waals surface area contributed by atoms with Crippen molar-refractivity contribution in [3.63, 3.8) is 0 Å². The summed E-state index contributed by atoms with van der Waals surface area (Å²) in [5.41, 5.74) is 0.616. The van der Waals surface area contributed by atoms with Crippen molar-refractivity contribution in [1.29, 1.82) is 0 Å². The zero-order valence-electron chi connectivity index (χ0n) is 9.58. The predicted octanol–water partition coefficient (Wildman–Crippen LogP) is 2.01. The molecule has 1 aromatic rings. The van der Waals surface area contributed by atoms with Gasteiger partial charge in [0.05, 0.1) is 11.9 Å². The number of nitrogens with zero attached hydrogens (tertiary/aromatic N) is 1. The van der Waals surface area contributed by atoms with Crippen molar-refractivity contribution in [2.75, 3.05) is 5.32 Å². The van der Waals surface area contributed by atoms with E-state index in [0.717, 1.165) is 12.1 Å². The van der Waals surface area contributed by atoms with Gasteiger partial charge in [0, 0.05) is 12.1 Å². The van der Waals surface area contributed by atoms with E-state index in [-0.39, 0.29) is 5.56 Å². The molecule has 0 aliphatic heterocycles. The van der Waals surface area contributed by atoms with Crippen molar-refractivity contribution < 1.29 is 0 Å². The molecule has 0 aromatic carbocycles. The van der Waals surface area contributed by atoms with Gasteiger partial charge in [-0.3, -0.25) is 4.79 Å². The first-order valence-corrected chi connectivity index (χ1v) is 5.43. The lowest BCUT2D eigenvalue weighted by atomic mass is 10.0. The SMILES string of the molecule is CCC(C)CC(C)Nc1cn[nH]c(=O)c1. The molecule has 0 aliphatic rings. The quantitative estimate of drug-likeness (QED) is 0.780. The molecule has 0 saturated heterocycles. The number of rotatable bonds is 5. The average molecular weight is 209 g/mol. The largest absolute Gasteiger partial charge is 0.381 e. The number of H-pyrrole nitrogens is 1. The van der Waals surface area contributed by atoms with Crippen molar-refractivity contribution in [3.05, 3.63) is 22.6 Å². The van der Waals surface area contributed by atoms with E-state index in [2.05, 4.69) is 36.3 Å². The van der Waals surface area contributed by atoms with Gasteiger partial charge < -0.3 is 5.32 Å². The number of hydrogen-bond acceptors (Lipinski definition) is 3. The van der Waals surface area contributed by atoms with Crippen molar-refractivity contribution in [2.45, 2.75) is 39.7 Å². The van der Waals surface area contributed by atoms with Crippen LogP contribution in [0.15, 0.2) is 17.1 Å². The van der Waals surface area contributed by atoms with E-state index in [1.807, 2.05) is 0 Å². The first kappa shape index (κ1) is 11.8. The van der Waals surface area contributed by atoms with Gasteiger partial charge in [-0.1, -0.05) is 20.3 Å². The minimum atomic E-state index is -0.171. The van der Waals surface area contributed by atoms with Crippen LogP contribution in [0.1, 0.15) is 33.6 Å². The van der Waals surface area contributed by atoms with Crippen LogP contribution in [0.4, 0.5) is 5.69 Å². The van der Waals surface area contributed by atoms with Crippen molar-refractivity contribution >= 4 is 5.69 Å². The molecule has 1 aromatic heterocycles. The maximum atomic E-state index is 11.0. The summed E-state index contributed by atoms with van der Waals surface area (Å²) in [4.78, 5) is 11.0. The third-order valence-corrected chi connectivity index (χ3v) is 2.53. The van der Waals surface area contributed by atoms with E-state index >= 15 is 0 Å². The normalized spacial score (nSPS) is 14.6. The Morgan fingerprint density at radius 1 is 1.53 bits per heavy atom. The highest BCUT2D eigenvalue weighted by atomic mass is 16.1. The minimum Gasteiger partial charge on any atom is -0.381 e. The van der Waals surface area contributed by atoms with E-state index in [9.17, 15) is 4.79 Å². The molecule has 2 N–H and O–H groups in total. The van der Waals surface area contributed by atoms with Gasteiger partial charge in [0.1, 0.15) is 0 Å². The second-order valence-electron chi connectivity index (χ2n) is 4.13. The number of aromatic nitrogens is 2.